The normalized spacial score (nSPS) is 16.1. The van der Waals surface area contributed by atoms with Crippen LogP contribution in [-0.4, -0.2) is 0 Å². The van der Waals surface area contributed by atoms with Gasteiger partial charge in [-0.1, -0.05) is 24.3 Å². The van der Waals surface area contributed by atoms with E-state index in [2.05, 4.69) is 24.8 Å². The lowest BCUT2D eigenvalue weighted by atomic mass is 9.99. The van der Waals surface area contributed by atoms with E-state index in [1.165, 1.54) is 16.7 Å². The average Bonchev–Trinajstić information content (AvgIpc) is 2.72. The fourth-order valence-corrected chi connectivity index (χ4v) is 1.89. The van der Waals surface area contributed by atoms with Crippen molar-refractivity contribution in [1.82, 2.24) is 0 Å². The summed E-state index contributed by atoms with van der Waals surface area (Å²) in [6, 6.07) is 6.54. The van der Waals surface area contributed by atoms with Crippen molar-refractivity contribution >= 4 is 0 Å². The Morgan fingerprint density at radius 1 is 1.40 bits per heavy atom. The number of benzene rings is 1. The molecular weight excluding hydrogens is 186 g/mol. The van der Waals surface area contributed by atoms with Crippen LogP contribution in [-0.2, 0) is 18.0 Å². The third kappa shape index (κ3) is 2.28. The van der Waals surface area contributed by atoms with Gasteiger partial charge in [0.1, 0.15) is 0 Å². The third-order valence-corrected chi connectivity index (χ3v) is 2.86. The topological polar surface area (TPSA) is 35.2 Å². The van der Waals surface area contributed by atoms with E-state index < -0.39 is 0 Å². The van der Waals surface area contributed by atoms with Gasteiger partial charge in [-0.25, -0.2) is 0 Å². The fourth-order valence-electron chi connectivity index (χ4n) is 1.89. The molecule has 1 heterocycles. The van der Waals surface area contributed by atoms with Crippen molar-refractivity contribution in [3.63, 3.8) is 0 Å². The maximum atomic E-state index is 6.09. The number of hydrogen-bond acceptors (Lipinski definition) is 2. The Morgan fingerprint density at radius 3 is 3.00 bits per heavy atom. The van der Waals surface area contributed by atoms with Crippen LogP contribution in [0.3, 0.4) is 0 Å². The van der Waals surface area contributed by atoms with Crippen LogP contribution in [0.5, 0.6) is 0 Å². The first-order valence-electron chi connectivity index (χ1n) is 5.37. The summed E-state index contributed by atoms with van der Waals surface area (Å²) in [5.74, 6) is 0. The molecule has 0 radical (unpaired) electrons. The molecule has 0 saturated heterocycles. The van der Waals surface area contributed by atoms with E-state index in [1.807, 2.05) is 6.08 Å². The summed E-state index contributed by atoms with van der Waals surface area (Å²) in [6.07, 6.45) is 3.84. The monoisotopic (exact) mass is 203 g/mol. The predicted octanol–water partition coefficient (Wildman–Crippen LogP) is 2.68. The fraction of sp³-hybridized carbons (Fsp3) is 0.385. The molecule has 1 unspecified atom stereocenters. The Morgan fingerprint density at radius 2 is 2.20 bits per heavy atom. The number of allylic oxidation sites excluding steroid dienone is 1. The molecule has 1 atom stereocenters. The Balaban J connectivity index is 2.11. The standard InChI is InChI=1S/C13H17NO/c1-2-3-4-13(14)10-5-6-11-8-15-9-12(11)7-10/h2,5-7,13H,1,3-4,8-9,14H2. The van der Waals surface area contributed by atoms with Crippen LogP contribution in [0, 0.1) is 0 Å². The van der Waals surface area contributed by atoms with Crippen molar-refractivity contribution < 1.29 is 4.74 Å². The van der Waals surface area contributed by atoms with Gasteiger partial charge in [0.2, 0.25) is 0 Å². The molecule has 2 N–H and O–H groups in total. The third-order valence-electron chi connectivity index (χ3n) is 2.86. The van der Waals surface area contributed by atoms with E-state index in [9.17, 15) is 0 Å². The van der Waals surface area contributed by atoms with Gasteiger partial charge in [0, 0.05) is 6.04 Å². The minimum Gasteiger partial charge on any atom is -0.372 e. The minimum atomic E-state index is 0.119. The number of nitrogens with two attached hydrogens (primary N) is 1. The van der Waals surface area contributed by atoms with E-state index in [4.69, 9.17) is 10.5 Å². The van der Waals surface area contributed by atoms with Gasteiger partial charge in [0.05, 0.1) is 13.2 Å². The zero-order valence-corrected chi connectivity index (χ0v) is 8.91. The van der Waals surface area contributed by atoms with Crippen LogP contribution in [0.2, 0.25) is 0 Å². The molecule has 0 aromatic heterocycles. The molecule has 2 rings (SSSR count). The highest BCUT2D eigenvalue weighted by Gasteiger charge is 2.13. The first-order chi connectivity index (χ1) is 7.31. The second-order valence-corrected chi connectivity index (χ2v) is 3.99. The molecule has 1 aliphatic rings. The van der Waals surface area contributed by atoms with Crippen LogP contribution in [0.15, 0.2) is 30.9 Å². The van der Waals surface area contributed by atoms with Gasteiger partial charge in [0.25, 0.3) is 0 Å². The molecule has 0 bridgehead atoms. The van der Waals surface area contributed by atoms with Gasteiger partial charge in [-0.3, -0.25) is 0 Å². The summed E-state index contributed by atoms with van der Waals surface area (Å²) >= 11 is 0. The summed E-state index contributed by atoms with van der Waals surface area (Å²) in [7, 11) is 0. The average molecular weight is 203 g/mol. The van der Waals surface area contributed by atoms with Gasteiger partial charge >= 0.3 is 0 Å². The maximum absolute atomic E-state index is 6.09. The van der Waals surface area contributed by atoms with E-state index in [-0.39, 0.29) is 6.04 Å². The van der Waals surface area contributed by atoms with Crippen molar-refractivity contribution in [3.8, 4) is 0 Å². The second-order valence-electron chi connectivity index (χ2n) is 3.99. The van der Waals surface area contributed by atoms with E-state index in [1.54, 1.807) is 0 Å². The molecule has 15 heavy (non-hydrogen) atoms. The molecule has 0 fully saturated rings. The Labute approximate surface area is 90.7 Å². The molecule has 0 amide bonds. The molecule has 2 nitrogen and oxygen atoms in total. The second kappa shape index (κ2) is 4.60. The zero-order valence-electron chi connectivity index (χ0n) is 8.91. The largest absolute Gasteiger partial charge is 0.372 e. The summed E-state index contributed by atoms with van der Waals surface area (Å²) in [5, 5.41) is 0. The van der Waals surface area contributed by atoms with Crippen LogP contribution in [0.25, 0.3) is 0 Å². The number of fused-ring (bicyclic) bond motifs is 1. The van der Waals surface area contributed by atoms with Gasteiger partial charge in [-0.05, 0) is 29.5 Å². The Hall–Kier alpha value is -1.12. The Kier molecular flexibility index (Phi) is 3.19. The van der Waals surface area contributed by atoms with Gasteiger partial charge in [-0.2, -0.15) is 0 Å². The molecule has 0 spiro atoms. The molecule has 2 heteroatoms. The van der Waals surface area contributed by atoms with E-state index in [0.29, 0.717) is 0 Å². The molecule has 0 saturated carbocycles. The molecule has 80 valence electrons. The number of ether oxygens (including phenoxy) is 1. The summed E-state index contributed by atoms with van der Waals surface area (Å²) in [6.45, 7) is 5.19. The van der Waals surface area contributed by atoms with E-state index >= 15 is 0 Å². The minimum absolute atomic E-state index is 0.119. The quantitative estimate of drug-likeness (QED) is 0.763. The first kappa shape index (κ1) is 10.4. The zero-order chi connectivity index (χ0) is 10.7. The lowest BCUT2D eigenvalue weighted by Gasteiger charge is -2.11. The van der Waals surface area contributed by atoms with Crippen LogP contribution in [0.4, 0.5) is 0 Å². The highest BCUT2D eigenvalue weighted by atomic mass is 16.5. The molecule has 1 aliphatic heterocycles. The summed E-state index contributed by atoms with van der Waals surface area (Å²) in [5.41, 5.74) is 9.89. The summed E-state index contributed by atoms with van der Waals surface area (Å²) < 4.78 is 5.37. The maximum Gasteiger partial charge on any atom is 0.0725 e. The highest BCUT2D eigenvalue weighted by molar-refractivity contribution is 5.34. The lowest BCUT2D eigenvalue weighted by molar-refractivity contribution is 0.134. The van der Waals surface area contributed by atoms with Gasteiger partial charge < -0.3 is 10.5 Å². The van der Waals surface area contributed by atoms with E-state index in [0.717, 1.165) is 26.1 Å². The Bertz CT molecular complexity index is 360. The van der Waals surface area contributed by atoms with Crippen LogP contribution >= 0.6 is 0 Å². The number of hydrogen-bond donors (Lipinski definition) is 1. The molecule has 1 aromatic rings. The lowest BCUT2D eigenvalue weighted by Crippen LogP contribution is -2.10. The summed E-state index contributed by atoms with van der Waals surface area (Å²) in [4.78, 5) is 0. The first-order valence-corrected chi connectivity index (χ1v) is 5.37. The van der Waals surface area contributed by atoms with Gasteiger partial charge in [0.15, 0.2) is 0 Å². The SMILES string of the molecule is C=CCCC(N)c1ccc2c(c1)COC2. The van der Waals surface area contributed by atoms with Crippen LogP contribution < -0.4 is 5.73 Å². The van der Waals surface area contributed by atoms with Crippen molar-refractivity contribution in [3.05, 3.63) is 47.5 Å². The van der Waals surface area contributed by atoms with Crippen molar-refractivity contribution in [2.45, 2.75) is 32.1 Å². The molecular formula is C13H17NO. The number of rotatable bonds is 4. The van der Waals surface area contributed by atoms with Crippen molar-refractivity contribution in [1.29, 1.82) is 0 Å². The van der Waals surface area contributed by atoms with Gasteiger partial charge in [-0.15, -0.1) is 6.58 Å². The van der Waals surface area contributed by atoms with Crippen LogP contribution in [0.1, 0.15) is 35.6 Å². The predicted molar refractivity (Wildman–Crippen MR) is 61.3 cm³/mol. The smallest absolute Gasteiger partial charge is 0.0725 e. The molecule has 1 aromatic carbocycles. The molecule has 0 aliphatic carbocycles. The van der Waals surface area contributed by atoms with Crippen molar-refractivity contribution in [2.75, 3.05) is 0 Å². The highest BCUT2D eigenvalue weighted by Crippen LogP contribution is 2.24. The van der Waals surface area contributed by atoms with Crippen molar-refractivity contribution in [2.24, 2.45) is 5.73 Å².